The van der Waals surface area contributed by atoms with E-state index < -0.39 is 22.2 Å². The van der Waals surface area contributed by atoms with Crippen molar-refractivity contribution in [2.75, 3.05) is 32.1 Å². The number of carbonyl (C=O) groups is 2. The molecule has 0 bridgehead atoms. The highest BCUT2D eigenvalue weighted by Gasteiger charge is 2.34. The maximum absolute atomic E-state index is 13.6. The van der Waals surface area contributed by atoms with Crippen molar-refractivity contribution in [3.8, 4) is 5.75 Å². The second-order valence-corrected chi connectivity index (χ2v) is 13.9. The highest BCUT2D eigenvalue weighted by Crippen LogP contribution is 2.30. The summed E-state index contributed by atoms with van der Waals surface area (Å²) in [6.45, 7) is 3.68. The van der Waals surface area contributed by atoms with Crippen LogP contribution in [0.5, 0.6) is 5.75 Å². The van der Waals surface area contributed by atoms with Crippen LogP contribution < -0.4 is 10.1 Å². The van der Waals surface area contributed by atoms with Crippen LogP contribution in [-0.2, 0) is 46.5 Å². The fourth-order valence-electron chi connectivity index (χ4n) is 5.70. The van der Waals surface area contributed by atoms with E-state index in [1.54, 1.807) is 41.6 Å². The molecule has 12 nitrogen and oxygen atoms in total. The Morgan fingerprint density at radius 3 is 2.67 bits per heavy atom. The number of nitrogens with zero attached hydrogens (tertiary/aromatic N) is 5. The molecular weight excluding hydrogens is 596 g/mol. The Morgan fingerprint density at radius 2 is 1.96 bits per heavy atom. The first kappa shape index (κ1) is 32.2. The van der Waals surface area contributed by atoms with Gasteiger partial charge in [0.05, 0.1) is 38.4 Å². The predicted octanol–water partition coefficient (Wildman–Crippen LogP) is 2.56. The number of rotatable bonds is 9. The summed E-state index contributed by atoms with van der Waals surface area (Å²) in [6.07, 6.45) is 4.32. The number of fused-ring (bicyclic) bond motifs is 2. The van der Waals surface area contributed by atoms with Gasteiger partial charge >= 0.3 is 0 Å². The number of aryl methyl sites for hydroxylation is 2. The number of anilines is 1. The molecule has 1 aliphatic rings. The van der Waals surface area contributed by atoms with Gasteiger partial charge in [0.1, 0.15) is 11.9 Å². The number of hydrogen-bond donors (Lipinski definition) is 2. The average molecular weight is 637 g/mol. The first-order valence-corrected chi connectivity index (χ1v) is 16.3. The van der Waals surface area contributed by atoms with E-state index in [1.165, 1.54) is 23.9 Å². The zero-order valence-corrected chi connectivity index (χ0v) is 27.0. The van der Waals surface area contributed by atoms with Crippen molar-refractivity contribution < 1.29 is 27.9 Å². The number of aliphatic hydroxyl groups excluding tert-OH is 1. The Balaban J connectivity index is 1.41. The van der Waals surface area contributed by atoms with Crippen molar-refractivity contribution >= 4 is 38.4 Å². The van der Waals surface area contributed by atoms with E-state index in [4.69, 9.17) is 4.74 Å². The van der Waals surface area contributed by atoms with Crippen LogP contribution in [0.1, 0.15) is 25.0 Å². The molecule has 1 aliphatic heterocycles. The van der Waals surface area contributed by atoms with Gasteiger partial charge in [0.2, 0.25) is 11.8 Å². The summed E-state index contributed by atoms with van der Waals surface area (Å²) < 4.78 is 37.8. The summed E-state index contributed by atoms with van der Waals surface area (Å²) >= 11 is 0. The molecule has 240 valence electrons. The summed E-state index contributed by atoms with van der Waals surface area (Å²) in [5.41, 5.74) is 3.00. The highest BCUT2D eigenvalue weighted by atomic mass is 32.2. The van der Waals surface area contributed by atoms with Crippen molar-refractivity contribution in [2.24, 2.45) is 20.0 Å². The molecule has 2 aromatic carbocycles. The molecule has 45 heavy (non-hydrogen) atoms. The topological polar surface area (TPSA) is 139 Å². The van der Waals surface area contributed by atoms with Gasteiger partial charge in [-0.3, -0.25) is 9.59 Å². The number of sulfonamides is 1. The minimum Gasteiger partial charge on any atom is -0.488 e. The second kappa shape index (κ2) is 13.0. The lowest BCUT2D eigenvalue weighted by Gasteiger charge is -2.33. The van der Waals surface area contributed by atoms with Gasteiger partial charge < -0.3 is 29.2 Å². The lowest BCUT2D eigenvalue weighted by Crippen LogP contribution is -2.48. The minimum absolute atomic E-state index is 0.00142. The largest absolute Gasteiger partial charge is 0.488 e. The van der Waals surface area contributed by atoms with Crippen LogP contribution >= 0.6 is 0 Å². The summed E-state index contributed by atoms with van der Waals surface area (Å²) in [5, 5.41) is 13.8. The Hall–Kier alpha value is -4.20. The predicted molar refractivity (Wildman–Crippen MR) is 170 cm³/mol. The molecule has 4 aromatic rings. The van der Waals surface area contributed by atoms with Gasteiger partial charge in [-0.15, -0.1) is 0 Å². The minimum atomic E-state index is -3.90. The van der Waals surface area contributed by atoms with Gasteiger partial charge in [-0.1, -0.05) is 25.1 Å². The molecule has 0 fully saturated rings. The number of imidazole rings is 1. The van der Waals surface area contributed by atoms with Gasteiger partial charge in [-0.2, -0.15) is 4.31 Å². The monoisotopic (exact) mass is 636 g/mol. The fourth-order valence-corrected chi connectivity index (χ4v) is 6.85. The first-order chi connectivity index (χ1) is 21.4. The van der Waals surface area contributed by atoms with Crippen molar-refractivity contribution in [1.29, 1.82) is 0 Å². The number of benzene rings is 2. The van der Waals surface area contributed by atoms with E-state index in [0.29, 0.717) is 17.0 Å². The number of aliphatic hydroxyl groups is 1. The van der Waals surface area contributed by atoms with Crippen LogP contribution in [-0.4, -0.2) is 87.6 Å². The van der Waals surface area contributed by atoms with Crippen LogP contribution in [0.4, 0.5) is 5.69 Å². The van der Waals surface area contributed by atoms with Crippen LogP contribution in [0.2, 0.25) is 0 Å². The Labute approximate surface area is 263 Å². The van der Waals surface area contributed by atoms with Gasteiger partial charge in [0.15, 0.2) is 5.03 Å². The third-order valence-electron chi connectivity index (χ3n) is 8.32. The van der Waals surface area contributed by atoms with Gasteiger partial charge in [-0.25, -0.2) is 13.4 Å². The number of likely N-dealkylation sites (N-methyl/N-ethyl adjacent to an activating group) is 1. The molecule has 5 rings (SSSR count). The van der Waals surface area contributed by atoms with Crippen molar-refractivity contribution in [1.82, 2.24) is 23.3 Å². The normalized spacial score (nSPS) is 18.2. The number of nitrogens with one attached hydrogen (secondary N) is 1. The summed E-state index contributed by atoms with van der Waals surface area (Å²) in [6, 6.07) is 12.6. The van der Waals surface area contributed by atoms with E-state index in [1.807, 2.05) is 49.0 Å². The van der Waals surface area contributed by atoms with E-state index in [2.05, 4.69) is 10.3 Å². The number of carbonyl (C=O) groups excluding carboxylic acids is 2. The maximum Gasteiger partial charge on any atom is 0.261 e. The Morgan fingerprint density at radius 1 is 1.20 bits per heavy atom. The molecule has 3 atom stereocenters. The third kappa shape index (κ3) is 6.90. The van der Waals surface area contributed by atoms with Crippen molar-refractivity contribution in [2.45, 2.75) is 43.9 Å². The Kier molecular flexibility index (Phi) is 9.33. The molecular formula is C32H40N6O6S. The average Bonchev–Trinajstić information content (AvgIpc) is 3.59. The van der Waals surface area contributed by atoms with Crippen LogP contribution in [0, 0.1) is 5.92 Å². The highest BCUT2D eigenvalue weighted by molar-refractivity contribution is 7.89. The maximum atomic E-state index is 13.6. The number of ether oxygens (including phenoxy) is 1. The molecule has 0 saturated heterocycles. The fraction of sp³-hybridized carbons (Fsp3) is 0.406. The van der Waals surface area contributed by atoms with E-state index in [-0.39, 0.29) is 55.3 Å². The van der Waals surface area contributed by atoms with E-state index in [0.717, 1.165) is 16.5 Å². The molecule has 3 heterocycles. The van der Waals surface area contributed by atoms with E-state index in [9.17, 15) is 23.1 Å². The molecule has 0 aliphatic carbocycles. The smallest absolute Gasteiger partial charge is 0.261 e. The summed E-state index contributed by atoms with van der Waals surface area (Å²) in [5.74, 6) is -0.280. The molecule has 2 amide bonds. The lowest BCUT2D eigenvalue weighted by atomic mass is 10.0. The lowest BCUT2D eigenvalue weighted by molar-refractivity contribution is -0.134. The number of hydrogen-bond acceptors (Lipinski definition) is 7. The van der Waals surface area contributed by atoms with Gasteiger partial charge in [0.25, 0.3) is 10.0 Å². The SMILES string of the molecule is C[C@H]1CN([C@@H](C)CO)C(=O)Cc2cc(NC(=O)Cc3cn(C)c4ccccc34)ccc2O[C@H]1CN(C)S(=O)(=O)c1cn(C)cn1. The number of amides is 2. The molecule has 2 N–H and O–H groups in total. The number of aromatic nitrogens is 3. The molecule has 0 saturated carbocycles. The van der Waals surface area contributed by atoms with Gasteiger partial charge in [0, 0.05) is 68.2 Å². The van der Waals surface area contributed by atoms with Crippen LogP contribution in [0.15, 0.2) is 66.2 Å². The number of para-hydroxylation sites is 1. The zero-order chi connectivity index (χ0) is 32.5. The van der Waals surface area contributed by atoms with Gasteiger partial charge in [-0.05, 0) is 36.8 Å². The third-order valence-corrected chi connectivity index (χ3v) is 10.0. The Bertz CT molecular complexity index is 1820. The van der Waals surface area contributed by atoms with E-state index >= 15 is 0 Å². The molecule has 0 spiro atoms. The van der Waals surface area contributed by atoms with Crippen LogP contribution in [0.3, 0.4) is 0 Å². The van der Waals surface area contributed by atoms with Crippen LogP contribution in [0.25, 0.3) is 10.9 Å². The molecule has 0 radical (unpaired) electrons. The van der Waals surface area contributed by atoms with Crippen molar-refractivity contribution in [3.05, 3.63) is 72.3 Å². The second-order valence-electron chi connectivity index (χ2n) is 11.9. The molecule has 2 aromatic heterocycles. The summed E-state index contributed by atoms with van der Waals surface area (Å²) in [4.78, 5) is 32.3. The summed E-state index contributed by atoms with van der Waals surface area (Å²) in [7, 11) is 1.21. The molecule has 0 unspecified atom stereocenters. The van der Waals surface area contributed by atoms with Crippen molar-refractivity contribution in [3.63, 3.8) is 0 Å². The standard InChI is InChI=1S/C32H40N6O6S/c1-21-15-38(22(2)19-39)32(41)14-23-12-25(34-30(40)13-24-16-36(4)27-9-7-6-8-26(24)27)10-11-28(23)44-29(21)17-37(5)45(42,43)31-18-35(3)20-33-31/h6-12,16,18,20-22,29,39H,13-15,17,19H2,1-5H3,(H,34,40)/t21-,22-,29-/m0/s1. The molecule has 13 heteroatoms. The first-order valence-electron chi connectivity index (χ1n) is 14.8. The zero-order valence-electron chi connectivity index (χ0n) is 26.2. The quantitative estimate of drug-likeness (QED) is 0.288.